The molecule has 1 aliphatic heterocycles. The van der Waals surface area contributed by atoms with Crippen molar-refractivity contribution in [3.63, 3.8) is 0 Å². The van der Waals surface area contributed by atoms with E-state index in [1.165, 1.54) is 18.5 Å². The number of ether oxygens (including phenoxy) is 3. The number of benzene rings is 2. The molecule has 2 aromatic rings. The van der Waals surface area contributed by atoms with Gasteiger partial charge in [-0.2, -0.15) is 4.31 Å². The third-order valence-electron chi connectivity index (χ3n) is 4.88. The van der Waals surface area contributed by atoms with Gasteiger partial charge in [-0.1, -0.05) is 12.1 Å². The van der Waals surface area contributed by atoms with Gasteiger partial charge in [-0.05, 0) is 42.3 Å². The van der Waals surface area contributed by atoms with Crippen molar-refractivity contribution in [2.45, 2.75) is 11.3 Å². The van der Waals surface area contributed by atoms with Gasteiger partial charge in [0.15, 0.2) is 11.5 Å². The highest BCUT2D eigenvalue weighted by Gasteiger charge is 2.26. The van der Waals surface area contributed by atoms with Gasteiger partial charge >= 0.3 is 0 Å². The molecule has 1 saturated heterocycles. The summed E-state index contributed by atoms with van der Waals surface area (Å²) in [5, 5.41) is 2.86. The molecule has 1 fully saturated rings. The highest BCUT2D eigenvalue weighted by molar-refractivity contribution is 7.89. The van der Waals surface area contributed by atoms with E-state index in [1.807, 2.05) is 0 Å². The van der Waals surface area contributed by atoms with Crippen LogP contribution in [0.1, 0.15) is 15.9 Å². The van der Waals surface area contributed by atoms with Crippen LogP contribution in [0.3, 0.4) is 0 Å². The fourth-order valence-electron chi connectivity index (χ4n) is 3.16. The molecule has 0 spiro atoms. The van der Waals surface area contributed by atoms with Gasteiger partial charge in [-0.15, -0.1) is 0 Å². The van der Waals surface area contributed by atoms with Crippen LogP contribution in [0, 0.1) is 0 Å². The normalized spacial score (nSPS) is 14.9. The predicted octanol–water partition coefficient (Wildman–Crippen LogP) is 1.70. The Kier molecular flexibility index (Phi) is 7.30. The average molecular weight is 435 g/mol. The van der Waals surface area contributed by atoms with E-state index in [-0.39, 0.29) is 10.8 Å². The first-order valence-electron chi connectivity index (χ1n) is 9.63. The van der Waals surface area contributed by atoms with Gasteiger partial charge in [-0.3, -0.25) is 4.79 Å². The van der Waals surface area contributed by atoms with Crippen molar-refractivity contribution in [2.75, 3.05) is 47.1 Å². The van der Waals surface area contributed by atoms with Crippen molar-refractivity contribution in [3.8, 4) is 11.5 Å². The molecule has 0 radical (unpaired) electrons. The summed E-state index contributed by atoms with van der Waals surface area (Å²) in [6.45, 7) is 1.98. The number of rotatable bonds is 8. The molecule has 0 aliphatic carbocycles. The van der Waals surface area contributed by atoms with E-state index in [9.17, 15) is 13.2 Å². The van der Waals surface area contributed by atoms with Crippen molar-refractivity contribution in [1.29, 1.82) is 0 Å². The maximum absolute atomic E-state index is 12.7. The lowest BCUT2D eigenvalue weighted by molar-refractivity contribution is 0.0730. The average Bonchev–Trinajstić information content (AvgIpc) is 2.79. The molecule has 3 rings (SSSR count). The van der Waals surface area contributed by atoms with Crippen molar-refractivity contribution < 1.29 is 27.4 Å². The molecule has 0 bridgehead atoms. The minimum absolute atomic E-state index is 0.220. The first-order valence-corrected chi connectivity index (χ1v) is 11.1. The topological polar surface area (TPSA) is 94.2 Å². The van der Waals surface area contributed by atoms with E-state index >= 15 is 0 Å². The Balaban J connectivity index is 1.56. The van der Waals surface area contributed by atoms with Crippen LogP contribution in [0.2, 0.25) is 0 Å². The number of amides is 1. The van der Waals surface area contributed by atoms with Gasteiger partial charge in [-0.25, -0.2) is 8.42 Å². The summed E-state index contributed by atoms with van der Waals surface area (Å²) in [4.78, 5) is 12.6. The molecule has 9 heteroatoms. The number of carbonyl (C=O) groups is 1. The second-order valence-corrected chi connectivity index (χ2v) is 8.67. The van der Waals surface area contributed by atoms with Crippen molar-refractivity contribution >= 4 is 15.9 Å². The van der Waals surface area contributed by atoms with E-state index in [4.69, 9.17) is 14.2 Å². The molecule has 30 heavy (non-hydrogen) atoms. The Morgan fingerprint density at radius 2 is 1.70 bits per heavy atom. The van der Waals surface area contributed by atoms with Crippen LogP contribution in [0.4, 0.5) is 0 Å². The maximum atomic E-state index is 12.7. The zero-order chi connectivity index (χ0) is 21.6. The van der Waals surface area contributed by atoms with Gasteiger partial charge in [0.05, 0.1) is 32.3 Å². The lowest BCUT2D eigenvalue weighted by atomic mass is 10.1. The number of carbonyl (C=O) groups excluding carboxylic acids is 1. The van der Waals surface area contributed by atoms with Gasteiger partial charge in [0.1, 0.15) is 0 Å². The molecule has 0 aromatic heterocycles. The minimum Gasteiger partial charge on any atom is -0.493 e. The van der Waals surface area contributed by atoms with Gasteiger partial charge in [0, 0.05) is 25.2 Å². The number of hydrogen-bond acceptors (Lipinski definition) is 6. The van der Waals surface area contributed by atoms with Crippen molar-refractivity contribution in [2.24, 2.45) is 0 Å². The number of morpholine rings is 1. The third-order valence-corrected chi connectivity index (χ3v) is 6.79. The fraction of sp³-hybridized carbons (Fsp3) is 0.381. The quantitative estimate of drug-likeness (QED) is 0.680. The van der Waals surface area contributed by atoms with Crippen LogP contribution in [-0.2, 0) is 21.2 Å². The summed E-state index contributed by atoms with van der Waals surface area (Å²) in [5.74, 6) is 0.825. The Bertz CT molecular complexity index is 969. The standard InChI is InChI=1S/C21H26N2O6S/c1-27-19-8-5-17(15-20(19)28-2)21(24)22-10-9-16-3-6-18(7-4-16)30(25,26)23-11-13-29-14-12-23/h3-8,15H,9-14H2,1-2H3,(H,22,24). The first kappa shape index (κ1) is 22.1. The zero-order valence-electron chi connectivity index (χ0n) is 17.1. The SMILES string of the molecule is COc1ccc(C(=O)NCCc2ccc(S(=O)(=O)N3CCOCC3)cc2)cc1OC. The summed E-state index contributed by atoms with van der Waals surface area (Å²) in [6, 6.07) is 11.7. The van der Waals surface area contributed by atoms with E-state index < -0.39 is 10.0 Å². The number of hydrogen-bond donors (Lipinski definition) is 1. The molecule has 1 N–H and O–H groups in total. The number of sulfonamides is 1. The monoisotopic (exact) mass is 434 g/mol. The molecular formula is C21H26N2O6S. The van der Waals surface area contributed by atoms with Crippen LogP contribution in [0.5, 0.6) is 11.5 Å². The van der Waals surface area contributed by atoms with E-state index in [2.05, 4.69) is 5.32 Å². The Hall–Kier alpha value is -2.62. The minimum atomic E-state index is -3.50. The summed E-state index contributed by atoms with van der Waals surface area (Å²) in [6.07, 6.45) is 0.580. The lowest BCUT2D eigenvalue weighted by Gasteiger charge is -2.26. The highest BCUT2D eigenvalue weighted by Crippen LogP contribution is 2.27. The molecule has 2 aromatic carbocycles. The van der Waals surface area contributed by atoms with Crippen LogP contribution >= 0.6 is 0 Å². The van der Waals surface area contributed by atoms with Crippen molar-refractivity contribution in [1.82, 2.24) is 9.62 Å². The second-order valence-electron chi connectivity index (χ2n) is 6.74. The first-order chi connectivity index (χ1) is 14.5. The van der Waals surface area contributed by atoms with E-state index in [0.717, 1.165) is 5.56 Å². The Labute approximate surface area is 176 Å². The highest BCUT2D eigenvalue weighted by atomic mass is 32.2. The van der Waals surface area contributed by atoms with Crippen molar-refractivity contribution in [3.05, 3.63) is 53.6 Å². The lowest BCUT2D eigenvalue weighted by Crippen LogP contribution is -2.40. The van der Waals surface area contributed by atoms with E-state index in [0.29, 0.717) is 56.3 Å². The second kappa shape index (κ2) is 9.92. The summed E-state index contributed by atoms with van der Waals surface area (Å²) >= 11 is 0. The molecule has 8 nitrogen and oxygen atoms in total. The van der Waals surface area contributed by atoms with Gasteiger partial charge in [0.25, 0.3) is 5.91 Å². The van der Waals surface area contributed by atoms with Gasteiger partial charge < -0.3 is 19.5 Å². The molecule has 1 heterocycles. The molecule has 0 unspecified atom stereocenters. The molecule has 1 aliphatic rings. The van der Waals surface area contributed by atoms with E-state index in [1.54, 1.807) is 42.5 Å². The number of nitrogens with one attached hydrogen (secondary N) is 1. The Morgan fingerprint density at radius 3 is 2.33 bits per heavy atom. The molecular weight excluding hydrogens is 408 g/mol. The predicted molar refractivity (Wildman–Crippen MR) is 112 cm³/mol. The van der Waals surface area contributed by atoms with Gasteiger partial charge in [0.2, 0.25) is 10.0 Å². The number of nitrogens with zero attached hydrogens (tertiary/aromatic N) is 1. The van der Waals surface area contributed by atoms with Crippen LogP contribution < -0.4 is 14.8 Å². The Morgan fingerprint density at radius 1 is 1.03 bits per heavy atom. The molecule has 0 atom stereocenters. The van der Waals surface area contributed by atoms with Crippen LogP contribution in [-0.4, -0.2) is 65.7 Å². The summed E-state index contributed by atoms with van der Waals surface area (Å²) in [5.41, 5.74) is 1.41. The fourth-order valence-corrected chi connectivity index (χ4v) is 4.57. The molecule has 162 valence electrons. The largest absolute Gasteiger partial charge is 0.493 e. The summed E-state index contributed by atoms with van der Waals surface area (Å²) in [7, 11) is -0.447. The zero-order valence-corrected chi connectivity index (χ0v) is 17.9. The maximum Gasteiger partial charge on any atom is 0.251 e. The molecule has 0 saturated carbocycles. The third kappa shape index (κ3) is 5.10. The van der Waals surface area contributed by atoms with Crippen LogP contribution in [0.25, 0.3) is 0 Å². The van der Waals surface area contributed by atoms with Crippen LogP contribution in [0.15, 0.2) is 47.4 Å². The smallest absolute Gasteiger partial charge is 0.251 e. The summed E-state index contributed by atoms with van der Waals surface area (Å²) < 4.78 is 42.3. The number of methoxy groups -OCH3 is 2. The molecule has 1 amide bonds.